The van der Waals surface area contributed by atoms with Crippen molar-refractivity contribution >= 4 is 5.91 Å². The molecule has 0 saturated carbocycles. The Morgan fingerprint density at radius 1 is 1.50 bits per heavy atom. The van der Waals surface area contributed by atoms with Gasteiger partial charge >= 0.3 is 0 Å². The van der Waals surface area contributed by atoms with E-state index in [1.165, 1.54) is 25.8 Å². The summed E-state index contributed by atoms with van der Waals surface area (Å²) in [5.41, 5.74) is 1.07. The van der Waals surface area contributed by atoms with Crippen molar-refractivity contribution in [3.8, 4) is 0 Å². The molecule has 2 heterocycles. The number of nitrogens with zero attached hydrogens (tertiary/aromatic N) is 3. The van der Waals surface area contributed by atoms with Gasteiger partial charge in [-0.1, -0.05) is 6.42 Å². The van der Waals surface area contributed by atoms with Crippen molar-refractivity contribution < 1.29 is 4.79 Å². The van der Waals surface area contributed by atoms with Gasteiger partial charge in [0, 0.05) is 25.2 Å². The highest BCUT2D eigenvalue weighted by Crippen LogP contribution is 2.18. The summed E-state index contributed by atoms with van der Waals surface area (Å²) in [6.07, 6.45) is 9.03. The van der Waals surface area contributed by atoms with Gasteiger partial charge in [-0.15, -0.1) is 0 Å². The van der Waals surface area contributed by atoms with Gasteiger partial charge in [0.05, 0.1) is 18.6 Å². The van der Waals surface area contributed by atoms with Gasteiger partial charge in [-0.2, -0.15) is 0 Å². The van der Waals surface area contributed by atoms with E-state index < -0.39 is 0 Å². The lowest BCUT2D eigenvalue weighted by molar-refractivity contribution is -0.121. The number of aromatic nitrogens is 2. The molecule has 1 aromatic heterocycles. The molecular weight excluding hydrogens is 252 g/mol. The predicted octanol–water partition coefficient (Wildman–Crippen LogP) is 1.78. The van der Waals surface area contributed by atoms with Crippen LogP contribution in [0.15, 0.2) is 12.5 Å². The molecule has 0 radical (unpaired) electrons. The molecule has 20 heavy (non-hydrogen) atoms. The monoisotopic (exact) mass is 278 g/mol. The van der Waals surface area contributed by atoms with Crippen molar-refractivity contribution in [1.82, 2.24) is 19.8 Å². The van der Waals surface area contributed by atoms with Gasteiger partial charge in [-0.25, -0.2) is 4.98 Å². The highest BCUT2D eigenvalue weighted by molar-refractivity contribution is 5.75. The van der Waals surface area contributed by atoms with Crippen LogP contribution in [0.3, 0.4) is 0 Å². The van der Waals surface area contributed by atoms with E-state index >= 15 is 0 Å². The SMILES string of the molecule is CCn1cncc1CNC(=O)CC[C@@H]1CCCCN1C. The molecule has 5 nitrogen and oxygen atoms in total. The van der Waals surface area contributed by atoms with Crippen LogP contribution in [0.25, 0.3) is 0 Å². The van der Waals surface area contributed by atoms with E-state index in [0.29, 0.717) is 19.0 Å². The van der Waals surface area contributed by atoms with E-state index in [9.17, 15) is 4.79 Å². The molecule has 112 valence electrons. The number of piperidine rings is 1. The van der Waals surface area contributed by atoms with Crippen LogP contribution < -0.4 is 5.32 Å². The minimum absolute atomic E-state index is 0.146. The van der Waals surface area contributed by atoms with Crippen LogP contribution in [-0.2, 0) is 17.9 Å². The summed E-state index contributed by atoms with van der Waals surface area (Å²) in [5, 5.41) is 3.00. The van der Waals surface area contributed by atoms with Crippen LogP contribution >= 0.6 is 0 Å². The summed E-state index contributed by atoms with van der Waals surface area (Å²) in [7, 11) is 2.17. The first-order chi connectivity index (χ1) is 9.70. The van der Waals surface area contributed by atoms with E-state index in [2.05, 4.69) is 33.7 Å². The Morgan fingerprint density at radius 3 is 3.10 bits per heavy atom. The summed E-state index contributed by atoms with van der Waals surface area (Å²) < 4.78 is 2.05. The predicted molar refractivity (Wildman–Crippen MR) is 79.3 cm³/mol. The molecule has 1 amide bonds. The Balaban J connectivity index is 1.70. The standard InChI is InChI=1S/C15H26N4O/c1-3-19-12-16-10-14(19)11-17-15(20)8-7-13-6-4-5-9-18(13)2/h10,12-13H,3-9,11H2,1-2H3,(H,17,20)/t13-/m0/s1. The fourth-order valence-electron chi connectivity index (χ4n) is 2.86. The number of carbonyl (C=O) groups excluding carboxylic acids is 1. The number of carbonyl (C=O) groups is 1. The number of imidazole rings is 1. The number of nitrogens with one attached hydrogen (secondary N) is 1. The van der Waals surface area contributed by atoms with Crippen molar-refractivity contribution in [2.75, 3.05) is 13.6 Å². The molecule has 0 aromatic carbocycles. The lowest BCUT2D eigenvalue weighted by Gasteiger charge is -2.32. The van der Waals surface area contributed by atoms with Crippen molar-refractivity contribution in [2.24, 2.45) is 0 Å². The zero-order valence-electron chi connectivity index (χ0n) is 12.6. The summed E-state index contributed by atoms with van der Waals surface area (Å²) in [6, 6.07) is 0.579. The zero-order chi connectivity index (χ0) is 14.4. The normalized spacial score (nSPS) is 20.0. The molecule has 1 N–H and O–H groups in total. The fraction of sp³-hybridized carbons (Fsp3) is 0.733. The zero-order valence-corrected chi connectivity index (χ0v) is 12.6. The van der Waals surface area contributed by atoms with E-state index in [-0.39, 0.29) is 5.91 Å². The van der Waals surface area contributed by atoms with Crippen LogP contribution in [0.1, 0.15) is 44.7 Å². The topological polar surface area (TPSA) is 50.2 Å². The smallest absolute Gasteiger partial charge is 0.220 e. The molecule has 1 aliphatic rings. The Hall–Kier alpha value is -1.36. The maximum atomic E-state index is 11.9. The molecular formula is C15H26N4O. The van der Waals surface area contributed by atoms with E-state index in [4.69, 9.17) is 0 Å². The molecule has 1 aliphatic heterocycles. The quantitative estimate of drug-likeness (QED) is 0.863. The molecule has 0 spiro atoms. The minimum Gasteiger partial charge on any atom is -0.350 e. The molecule has 5 heteroatoms. The first-order valence-electron chi connectivity index (χ1n) is 7.66. The molecule has 1 fully saturated rings. The van der Waals surface area contributed by atoms with E-state index in [0.717, 1.165) is 18.7 Å². The maximum Gasteiger partial charge on any atom is 0.220 e. The molecule has 1 atom stereocenters. The Kier molecular flexibility index (Phi) is 5.59. The Bertz CT molecular complexity index is 429. The van der Waals surface area contributed by atoms with Crippen LogP contribution in [0.5, 0.6) is 0 Å². The second-order valence-corrected chi connectivity index (χ2v) is 5.62. The number of amides is 1. The third-order valence-corrected chi connectivity index (χ3v) is 4.23. The molecule has 1 aromatic rings. The number of likely N-dealkylation sites (tertiary alicyclic amines) is 1. The third-order valence-electron chi connectivity index (χ3n) is 4.23. The third kappa shape index (κ3) is 4.07. The summed E-state index contributed by atoms with van der Waals surface area (Å²) >= 11 is 0. The minimum atomic E-state index is 0.146. The molecule has 2 rings (SSSR count). The van der Waals surface area contributed by atoms with Crippen molar-refractivity contribution in [2.45, 2.75) is 58.2 Å². The summed E-state index contributed by atoms with van der Waals surface area (Å²) in [4.78, 5) is 18.4. The first kappa shape index (κ1) is 15.0. The average molecular weight is 278 g/mol. The van der Waals surface area contributed by atoms with Gasteiger partial charge < -0.3 is 14.8 Å². The van der Waals surface area contributed by atoms with Gasteiger partial charge in [0.1, 0.15) is 0 Å². The second-order valence-electron chi connectivity index (χ2n) is 5.62. The van der Waals surface area contributed by atoms with Gasteiger partial charge in [-0.05, 0) is 39.8 Å². The van der Waals surface area contributed by atoms with Crippen LogP contribution in [-0.4, -0.2) is 40.0 Å². The summed E-state index contributed by atoms with van der Waals surface area (Å²) in [5.74, 6) is 0.146. The lowest BCUT2D eigenvalue weighted by Crippen LogP contribution is -2.37. The number of hydrogen-bond donors (Lipinski definition) is 1. The lowest BCUT2D eigenvalue weighted by atomic mass is 9.98. The van der Waals surface area contributed by atoms with Gasteiger partial charge in [0.25, 0.3) is 0 Å². The van der Waals surface area contributed by atoms with Gasteiger partial charge in [-0.3, -0.25) is 4.79 Å². The Labute approximate surface area is 121 Å². The number of hydrogen-bond acceptors (Lipinski definition) is 3. The van der Waals surface area contributed by atoms with Crippen molar-refractivity contribution in [3.05, 3.63) is 18.2 Å². The number of aryl methyl sites for hydroxylation is 1. The van der Waals surface area contributed by atoms with Gasteiger partial charge in [0.15, 0.2) is 0 Å². The van der Waals surface area contributed by atoms with Crippen LogP contribution in [0.2, 0.25) is 0 Å². The molecule has 0 bridgehead atoms. The highest BCUT2D eigenvalue weighted by Gasteiger charge is 2.19. The molecule has 0 unspecified atom stereocenters. The fourth-order valence-corrected chi connectivity index (χ4v) is 2.86. The van der Waals surface area contributed by atoms with E-state index in [1.54, 1.807) is 6.33 Å². The maximum absolute atomic E-state index is 11.9. The second kappa shape index (κ2) is 7.43. The summed E-state index contributed by atoms with van der Waals surface area (Å²) in [6.45, 7) is 4.71. The largest absolute Gasteiger partial charge is 0.350 e. The Morgan fingerprint density at radius 2 is 2.35 bits per heavy atom. The first-order valence-corrected chi connectivity index (χ1v) is 7.66. The molecule has 0 aliphatic carbocycles. The highest BCUT2D eigenvalue weighted by atomic mass is 16.1. The van der Waals surface area contributed by atoms with Crippen molar-refractivity contribution in [1.29, 1.82) is 0 Å². The number of rotatable bonds is 6. The molecule has 1 saturated heterocycles. The van der Waals surface area contributed by atoms with Crippen LogP contribution in [0.4, 0.5) is 0 Å². The van der Waals surface area contributed by atoms with Crippen molar-refractivity contribution in [3.63, 3.8) is 0 Å². The van der Waals surface area contributed by atoms with Gasteiger partial charge in [0.2, 0.25) is 5.91 Å². The van der Waals surface area contributed by atoms with E-state index in [1.807, 2.05) is 6.20 Å². The van der Waals surface area contributed by atoms with Crippen LogP contribution in [0, 0.1) is 0 Å². The average Bonchev–Trinajstić information content (AvgIpc) is 2.91.